The molecule has 0 aliphatic heterocycles. The molecule has 0 atom stereocenters. The second-order valence-electron chi connectivity index (χ2n) is 18.5. The fourth-order valence-corrected chi connectivity index (χ4v) is 11.1. The Morgan fingerprint density at radius 2 is 0.726 bits per heavy atom. The first-order valence-corrected chi connectivity index (χ1v) is 28.0. The zero-order valence-electron chi connectivity index (χ0n) is 40.0. The highest BCUT2D eigenvalue weighted by molar-refractivity contribution is 7.14. The molecule has 0 fully saturated rings. The summed E-state index contributed by atoms with van der Waals surface area (Å²) in [5.41, 5.74) is 7.27. The number of rotatable bonds is 36. The first kappa shape index (κ1) is 50.2. The number of fused-ring (bicyclic) bond motifs is 2. The summed E-state index contributed by atoms with van der Waals surface area (Å²) in [5.74, 6) is 2.09. The van der Waals surface area contributed by atoms with Gasteiger partial charge in [-0.05, 0) is 97.5 Å². The maximum absolute atomic E-state index is 7.07. The van der Waals surface area contributed by atoms with Gasteiger partial charge in [0.25, 0.3) is 0 Å². The van der Waals surface area contributed by atoms with Crippen molar-refractivity contribution in [2.75, 3.05) is 0 Å². The van der Waals surface area contributed by atoms with Crippen LogP contribution in [0.5, 0.6) is 0 Å². The normalized spacial score (nSPS) is 12.2. The van der Waals surface area contributed by atoms with Gasteiger partial charge in [0.05, 0.1) is 9.75 Å². The number of thiophene rings is 2. The molecular weight excluding hydrogens is 793 g/mol. The van der Waals surface area contributed by atoms with Crippen molar-refractivity contribution < 1.29 is 8.83 Å². The molecule has 0 amide bonds. The Balaban J connectivity index is 1.43. The smallest absolute Gasteiger partial charge is 0.152 e. The first-order valence-electron chi connectivity index (χ1n) is 26.2. The summed E-state index contributed by atoms with van der Waals surface area (Å²) in [5, 5.41) is 6.91. The molecule has 0 unspecified atom stereocenters. The van der Waals surface area contributed by atoms with Crippen LogP contribution in [0.1, 0.15) is 243 Å². The molecule has 4 heteroatoms. The SMILES string of the molecule is CCCCCCCC/C=C/c1c(-c2sccc2CCCCCCCCCC)oc2cc3c(/C=C/CCCCCCCC)c(-c4sccc4CCCCCCCCCC)oc3cc12. The highest BCUT2D eigenvalue weighted by atomic mass is 32.1. The molecule has 2 nitrogen and oxygen atoms in total. The van der Waals surface area contributed by atoms with E-state index in [0.717, 1.165) is 48.4 Å². The molecule has 0 bridgehead atoms. The van der Waals surface area contributed by atoms with Gasteiger partial charge in [0, 0.05) is 21.9 Å². The van der Waals surface area contributed by atoms with Crippen LogP contribution in [0.2, 0.25) is 0 Å². The zero-order chi connectivity index (χ0) is 43.5. The van der Waals surface area contributed by atoms with E-state index in [2.05, 4.69) is 87.0 Å². The molecule has 5 rings (SSSR count). The van der Waals surface area contributed by atoms with Crippen LogP contribution in [0, 0.1) is 0 Å². The van der Waals surface area contributed by atoms with E-state index in [4.69, 9.17) is 8.83 Å². The number of unbranched alkanes of at least 4 members (excludes halogenated alkanes) is 26. The van der Waals surface area contributed by atoms with Crippen molar-refractivity contribution in [3.63, 3.8) is 0 Å². The van der Waals surface area contributed by atoms with Crippen molar-refractivity contribution in [1.29, 1.82) is 0 Å². The van der Waals surface area contributed by atoms with Crippen molar-refractivity contribution in [2.45, 2.75) is 233 Å². The van der Waals surface area contributed by atoms with E-state index in [0.29, 0.717) is 0 Å². The standard InChI is InChI=1S/C58H86O2S2/c1-5-9-13-17-21-25-29-33-37-47-41-43-61-57(47)55-49(39-35-31-27-23-19-15-11-7-3)51-45-54-52(46-53(51)59-55)50(40-36-32-28-24-20-16-12-8-4)56(60-54)58-48(42-44-62-58)38-34-30-26-22-18-14-10-6-2/h35-36,39-46H,5-34,37-38H2,1-4H3/b39-35+,40-36+. The van der Waals surface area contributed by atoms with Crippen molar-refractivity contribution in [1.82, 2.24) is 0 Å². The summed E-state index contributed by atoms with van der Waals surface area (Å²) in [4.78, 5) is 2.62. The lowest BCUT2D eigenvalue weighted by molar-refractivity contribution is 0.575. The first-order chi connectivity index (χ1) is 30.7. The number of furan rings is 2. The topological polar surface area (TPSA) is 26.3 Å². The third-order valence-electron chi connectivity index (χ3n) is 13.1. The van der Waals surface area contributed by atoms with Crippen molar-refractivity contribution in [3.05, 3.63) is 69.4 Å². The lowest BCUT2D eigenvalue weighted by atomic mass is 10.0. The third kappa shape index (κ3) is 16.3. The average molecular weight is 879 g/mol. The molecule has 4 heterocycles. The highest BCUT2D eigenvalue weighted by Crippen LogP contribution is 2.45. The van der Waals surface area contributed by atoms with Gasteiger partial charge in [0.15, 0.2) is 11.5 Å². The summed E-state index contributed by atoms with van der Waals surface area (Å²) in [6.07, 6.45) is 51.4. The van der Waals surface area contributed by atoms with Gasteiger partial charge < -0.3 is 8.83 Å². The van der Waals surface area contributed by atoms with Crippen LogP contribution in [0.3, 0.4) is 0 Å². The summed E-state index contributed by atoms with van der Waals surface area (Å²) in [6.45, 7) is 9.21. The molecule has 0 spiro atoms. The molecule has 4 aromatic heterocycles. The van der Waals surface area contributed by atoms with Crippen LogP contribution in [0.15, 0.2) is 56.0 Å². The number of allylic oxidation sites excluding steroid dienone is 2. The van der Waals surface area contributed by atoms with Gasteiger partial charge in [-0.1, -0.05) is 206 Å². The molecule has 0 N–H and O–H groups in total. The molecular formula is C58H86O2S2. The summed E-state index contributed by atoms with van der Waals surface area (Å²) < 4.78 is 14.1. The maximum Gasteiger partial charge on any atom is 0.152 e. The monoisotopic (exact) mass is 879 g/mol. The van der Waals surface area contributed by atoms with Crippen LogP contribution >= 0.6 is 22.7 Å². The summed E-state index contributed by atoms with van der Waals surface area (Å²) >= 11 is 3.70. The Labute approximate surface area is 387 Å². The number of hydrogen-bond donors (Lipinski definition) is 0. The molecule has 0 saturated heterocycles. The predicted octanol–water partition coefficient (Wildman–Crippen LogP) is 21.5. The summed E-state index contributed by atoms with van der Waals surface area (Å²) in [6, 6.07) is 9.34. The Hall–Kier alpha value is -2.82. The fourth-order valence-electron chi connectivity index (χ4n) is 9.24. The summed E-state index contributed by atoms with van der Waals surface area (Å²) in [7, 11) is 0. The Morgan fingerprint density at radius 3 is 1.08 bits per heavy atom. The third-order valence-corrected chi connectivity index (χ3v) is 15.0. The highest BCUT2D eigenvalue weighted by Gasteiger charge is 2.23. The van der Waals surface area contributed by atoms with Crippen LogP contribution in [0.4, 0.5) is 0 Å². The van der Waals surface area contributed by atoms with Gasteiger partial charge >= 0.3 is 0 Å². The number of hydrogen-bond acceptors (Lipinski definition) is 4. The number of aryl methyl sites for hydroxylation is 2. The van der Waals surface area contributed by atoms with E-state index < -0.39 is 0 Å². The van der Waals surface area contributed by atoms with Gasteiger partial charge in [-0.2, -0.15) is 0 Å². The minimum atomic E-state index is 0.974. The van der Waals surface area contributed by atoms with Crippen molar-refractivity contribution >= 4 is 56.8 Å². The van der Waals surface area contributed by atoms with E-state index in [1.54, 1.807) is 0 Å². The Morgan fingerprint density at radius 1 is 0.403 bits per heavy atom. The quantitative estimate of drug-likeness (QED) is 0.0375. The van der Waals surface area contributed by atoms with Gasteiger partial charge in [-0.25, -0.2) is 0 Å². The second kappa shape index (κ2) is 30.3. The van der Waals surface area contributed by atoms with Gasteiger partial charge in [-0.15, -0.1) is 22.7 Å². The molecule has 0 aliphatic carbocycles. The molecule has 62 heavy (non-hydrogen) atoms. The Bertz CT molecular complexity index is 1830. The lowest BCUT2D eigenvalue weighted by Crippen LogP contribution is -1.87. The molecule has 0 radical (unpaired) electrons. The molecule has 342 valence electrons. The van der Waals surface area contributed by atoms with Crippen LogP contribution in [-0.4, -0.2) is 0 Å². The van der Waals surface area contributed by atoms with Crippen molar-refractivity contribution in [3.8, 4) is 21.3 Å². The van der Waals surface area contributed by atoms with E-state index in [9.17, 15) is 0 Å². The zero-order valence-corrected chi connectivity index (χ0v) is 41.7. The fraction of sp³-hybridized carbons (Fsp3) is 0.621. The van der Waals surface area contributed by atoms with E-state index in [1.807, 2.05) is 22.7 Å². The predicted molar refractivity (Wildman–Crippen MR) is 279 cm³/mol. The maximum atomic E-state index is 7.07. The van der Waals surface area contributed by atoms with Gasteiger partial charge in [0.2, 0.25) is 0 Å². The largest absolute Gasteiger partial charge is 0.455 e. The van der Waals surface area contributed by atoms with Crippen molar-refractivity contribution in [2.24, 2.45) is 0 Å². The average Bonchev–Trinajstić information content (AvgIpc) is 4.09. The van der Waals surface area contributed by atoms with E-state index >= 15 is 0 Å². The number of benzene rings is 1. The van der Waals surface area contributed by atoms with E-state index in [-0.39, 0.29) is 0 Å². The van der Waals surface area contributed by atoms with E-state index in [1.165, 1.54) is 223 Å². The van der Waals surface area contributed by atoms with Gasteiger partial charge in [0.1, 0.15) is 11.2 Å². The lowest BCUT2D eigenvalue weighted by Gasteiger charge is -2.05. The molecule has 5 aromatic rings. The molecule has 0 saturated carbocycles. The van der Waals surface area contributed by atoms with Crippen LogP contribution in [0.25, 0.3) is 55.4 Å². The minimum absolute atomic E-state index is 0.974. The second-order valence-corrected chi connectivity index (χ2v) is 20.3. The van der Waals surface area contributed by atoms with Crippen LogP contribution in [-0.2, 0) is 12.8 Å². The molecule has 1 aromatic carbocycles. The molecule has 0 aliphatic rings. The minimum Gasteiger partial charge on any atom is -0.455 e. The van der Waals surface area contributed by atoms with Gasteiger partial charge in [-0.3, -0.25) is 0 Å². The van der Waals surface area contributed by atoms with Crippen LogP contribution < -0.4 is 0 Å². The Kier molecular flexibility index (Phi) is 24.6.